The largest absolute Gasteiger partial charge is 0.324 e. The summed E-state index contributed by atoms with van der Waals surface area (Å²) in [5, 5.41) is 0.401. The Labute approximate surface area is 127 Å². The lowest BCUT2D eigenvalue weighted by Crippen LogP contribution is -2.10. The first-order chi connectivity index (χ1) is 9.99. The molecule has 3 N–H and O–H groups in total. The van der Waals surface area contributed by atoms with E-state index in [4.69, 9.17) is 5.73 Å². The summed E-state index contributed by atoms with van der Waals surface area (Å²) in [7, 11) is 0. The first-order valence-electron chi connectivity index (χ1n) is 6.82. The number of halogens is 1. The van der Waals surface area contributed by atoms with Crippen molar-refractivity contribution < 1.29 is 4.39 Å². The maximum Gasteiger partial charge on any atom is 0.251 e. The van der Waals surface area contributed by atoms with Crippen LogP contribution in [-0.2, 0) is 6.42 Å². The Morgan fingerprint density at radius 2 is 2.19 bits per heavy atom. The van der Waals surface area contributed by atoms with E-state index in [9.17, 15) is 9.18 Å². The maximum atomic E-state index is 14.0. The standard InChI is InChI=1S/C15H18FN3OS/c1-3-4-11-8-14(20)19-15(18-11)21-13-6-5-10(9(2)17)7-12(13)16/h5-9H,3-4,17H2,1-2H3,(H,18,19,20)/t9-/m1/s1. The molecule has 6 heteroatoms. The summed E-state index contributed by atoms with van der Waals surface area (Å²) in [5.74, 6) is -0.363. The Bertz CT molecular complexity index is 685. The topological polar surface area (TPSA) is 71.8 Å². The predicted octanol–water partition coefficient (Wildman–Crippen LogP) is 3.03. The third kappa shape index (κ3) is 4.15. The van der Waals surface area contributed by atoms with Crippen LogP contribution in [0.25, 0.3) is 0 Å². The average molecular weight is 307 g/mol. The number of aryl methyl sites for hydroxylation is 1. The minimum atomic E-state index is -0.363. The molecule has 2 aromatic rings. The van der Waals surface area contributed by atoms with Gasteiger partial charge >= 0.3 is 0 Å². The number of H-pyrrole nitrogens is 1. The molecule has 0 bridgehead atoms. The van der Waals surface area contributed by atoms with Gasteiger partial charge in [0.15, 0.2) is 5.16 Å². The van der Waals surface area contributed by atoms with Gasteiger partial charge in [-0.25, -0.2) is 9.37 Å². The molecule has 0 saturated heterocycles. The van der Waals surface area contributed by atoms with Gasteiger partial charge < -0.3 is 10.7 Å². The molecule has 2 rings (SSSR count). The smallest absolute Gasteiger partial charge is 0.251 e. The number of hydrogen-bond acceptors (Lipinski definition) is 4. The van der Waals surface area contributed by atoms with Crippen molar-refractivity contribution >= 4 is 11.8 Å². The molecule has 21 heavy (non-hydrogen) atoms. The van der Waals surface area contributed by atoms with Crippen LogP contribution >= 0.6 is 11.8 Å². The normalized spacial score (nSPS) is 12.4. The Kier molecular flexibility index (Phi) is 5.14. The number of nitrogens with two attached hydrogens (primary N) is 1. The Hall–Kier alpha value is -1.66. The highest BCUT2D eigenvalue weighted by molar-refractivity contribution is 7.99. The van der Waals surface area contributed by atoms with Gasteiger partial charge in [-0.15, -0.1) is 0 Å². The van der Waals surface area contributed by atoms with Crippen LogP contribution in [0.4, 0.5) is 4.39 Å². The molecule has 0 unspecified atom stereocenters. The van der Waals surface area contributed by atoms with E-state index in [1.54, 1.807) is 19.1 Å². The number of rotatable bonds is 5. The summed E-state index contributed by atoms with van der Waals surface area (Å²) in [4.78, 5) is 19.0. The van der Waals surface area contributed by atoms with Crippen LogP contribution in [0.5, 0.6) is 0 Å². The van der Waals surface area contributed by atoms with E-state index in [1.165, 1.54) is 12.1 Å². The molecule has 112 valence electrons. The minimum Gasteiger partial charge on any atom is -0.324 e. The molecule has 1 aromatic heterocycles. The molecule has 0 fully saturated rings. The van der Waals surface area contributed by atoms with Crippen LogP contribution in [0.2, 0.25) is 0 Å². The van der Waals surface area contributed by atoms with Crippen LogP contribution in [-0.4, -0.2) is 9.97 Å². The monoisotopic (exact) mass is 307 g/mol. The molecule has 4 nitrogen and oxygen atoms in total. The number of nitrogens with zero attached hydrogens (tertiary/aromatic N) is 1. The van der Waals surface area contributed by atoms with E-state index in [-0.39, 0.29) is 17.4 Å². The van der Waals surface area contributed by atoms with Crippen molar-refractivity contribution in [1.82, 2.24) is 9.97 Å². The van der Waals surface area contributed by atoms with Crippen molar-refractivity contribution in [3.63, 3.8) is 0 Å². The molecule has 0 aliphatic heterocycles. The summed E-state index contributed by atoms with van der Waals surface area (Å²) in [6.45, 7) is 3.82. The number of aromatic nitrogens is 2. The van der Waals surface area contributed by atoms with E-state index in [0.29, 0.717) is 10.1 Å². The van der Waals surface area contributed by atoms with Gasteiger partial charge in [-0.3, -0.25) is 4.79 Å². The van der Waals surface area contributed by atoms with Gasteiger partial charge in [-0.1, -0.05) is 19.4 Å². The molecule has 0 aliphatic carbocycles. The summed E-state index contributed by atoms with van der Waals surface area (Å²) >= 11 is 1.11. The number of benzene rings is 1. The van der Waals surface area contributed by atoms with Crippen molar-refractivity contribution in [3.05, 3.63) is 51.7 Å². The maximum absolute atomic E-state index is 14.0. The third-order valence-corrected chi connectivity index (χ3v) is 3.91. The molecular formula is C15H18FN3OS. The molecule has 0 spiro atoms. The molecule has 0 saturated carbocycles. The highest BCUT2D eigenvalue weighted by Gasteiger charge is 2.10. The average Bonchev–Trinajstić information content (AvgIpc) is 2.40. The molecule has 1 atom stereocenters. The van der Waals surface area contributed by atoms with Crippen LogP contribution in [0.1, 0.15) is 37.6 Å². The predicted molar refractivity (Wildman–Crippen MR) is 82.0 cm³/mol. The highest BCUT2D eigenvalue weighted by Crippen LogP contribution is 2.28. The van der Waals surface area contributed by atoms with Crippen LogP contribution in [0.3, 0.4) is 0 Å². The lowest BCUT2D eigenvalue weighted by atomic mass is 10.1. The first kappa shape index (κ1) is 15.7. The Morgan fingerprint density at radius 1 is 1.43 bits per heavy atom. The molecule has 0 radical (unpaired) electrons. The van der Waals surface area contributed by atoms with E-state index in [2.05, 4.69) is 9.97 Å². The number of aromatic amines is 1. The van der Waals surface area contributed by atoms with Gasteiger partial charge in [-0.2, -0.15) is 0 Å². The van der Waals surface area contributed by atoms with Crippen molar-refractivity contribution in [2.45, 2.75) is 42.8 Å². The van der Waals surface area contributed by atoms with Gasteiger partial charge in [-0.05, 0) is 42.8 Å². The van der Waals surface area contributed by atoms with Gasteiger partial charge in [0.1, 0.15) is 5.82 Å². The first-order valence-corrected chi connectivity index (χ1v) is 7.64. The van der Waals surface area contributed by atoms with Crippen molar-refractivity contribution in [1.29, 1.82) is 0 Å². The summed E-state index contributed by atoms with van der Waals surface area (Å²) in [6, 6.07) is 6.11. The zero-order valence-electron chi connectivity index (χ0n) is 12.0. The van der Waals surface area contributed by atoms with Gasteiger partial charge in [0.25, 0.3) is 5.56 Å². The van der Waals surface area contributed by atoms with E-state index in [0.717, 1.165) is 35.9 Å². The SMILES string of the molecule is CCCc1cc(=O)[nH]c(Sc2ccc([C@@H](C)N)cc2F)n1. The van der Waals surface area contributed by atoms with Gasteiger partial charge in [0.05, 0.1) is 4.90 Å². The molecule has 1 aromatic carbocycles. The van der Waals surface area contributed by atoms with Crippen molar-refractivity contribution in [2.24, 2.45) is 5.73 Å². The van der Waals surface area contributed by atoms with E-state index in [1.807, 2.05) is 6.92 Å². The zero-order chi connectivity index (χ0) is 15.4. The lowest BCUT2D eigenvalue weighted by Gasteiger charge is -2.08. The minimum absolute atomic E-state index is 0.218. The summed E-state index contributed by atoms with van der Waals surface area (Å²) < 4.78 is 14.0. The Balaban J connectivity index is 2.27. The zero-order valence-corrected chi connectivity index (χ0v) is 12.8. The molecule has 0 amide bonds. The second-order valence-electron chi connectivity index (χ2n) is 4.87. The number of nitrogens with one attached hydrogen (secondary N) is 1. The van der Waals surface area contributed by atoms with Crippen molar-refractivity contribution in [2.75, 3.05) is 0 Å². The van der Waals surface area contributed by atoms with Crippen molar-refractivity contribution in [3.8, 4) is 0 Å². The summed E-state index contributed by atoms with van der Waals surface area (Å²) in [6.07, 6.45) is 1.63. The second kappa shape index (κ2) is 6.87. The van der Waals surface area contributed by atoms with E-state index < -0.39 is 0 Å². The quantitative estimate of drug-likeness (QED) is 0.833. The molecular weight excluding hydrogens is 289 g/mol. The Morgan fingerprint density at radius 3 is 2.81 bits per heavy atom. The molecule has 0 aliphatic rings. The third-order valence-electron chi connectivity index (χ3n) is 2.97. The van der Waals surface area contributed by atoms with Crippen LogP contribution < -0.4 is 11.3 Å². The van der Waals surface area contributed by atoms with Crippen LogP contribution in [0, 0.1) is 5.82 Å². The fourth-order valence-corrected chi connectivity index (χ4v) is 2.72. The van der Waals surface area contributed by atoms with Gasteiger partial charge in [0.2, 0.25) is 0 Å². The summed E-state index contributed by atoms with van der Waals surface area (Å²) in [5.41, 5.74) is 6.96. The number of hydrogen-bond donors (Lipinski definition) is 2. The van der Waals surface area contributed by atoms with Crippen LogP contribution in [0.15, 0.2) is 39.1 Å². The van der Waals surface area contributed by atoms with E-state index >= 15 is 0 Å². The fraction of sp³-hybridized carbons (Fsp3) is 0.333. The lowest BCUT2D eigenvalue weighted by molar-refractivity contribution is 0.596. The van der Waals surface area contributed by atoms with Gasteiger partial charge in [0, 0.05) is 17.8 Å². The fourth-order valence-electron chi connectivity index (χ4n) is 1.90. The second-order valence-corrected chi connectivity index (χ2v) is 5.90. The highest BCUT2D eigenvalue weighted by atomic mass is 32.2. The molecule has 1 heterocycles.